The van der Waals surface area contributed by atoms with Gasteiger partial charge < -0.3 is 19.6 Å². The number of hydrogen-bond donors (Lipinski definition) is 1. The molecule has 3 aromatic rings. The zero-order chi connectivity index (χ0) is 25.9. The van der Waals surface area contributed by atoms with E-state index in [1.54, 1.807) is 0 Å². The fraction of sp³-hybridized carbons (Fsp3) is 0.375. The number of carbonyl (C=O) groups excluding carboxylic acids is 1. The lowest BCUT2D eigenvalue weighted by atomic mass is 10.0. The lowest BCUT2D eigenvalue weighted by Crippen LogP contribution is -2.45. The largest absolute Gasteiger partial charge is 0.471 e. The highest BCUT2D eigenvalue weighted by Gasteiger charge is 2.38. The van der Waals surface area contributed by atoms with Gasteiger partial charge in [-0.05, 0) is 44.2 Å². The van der Waals surface area contributed by atoms with Crippen LogP contribution >= 0.6 is 0 Å². The maximum Gasteiger partial charge on any atom is 0.471 e. The van der Waals surface area contributed by atoms with Crippen LogP contribution in [0.5, 0.6) is 0 Å². The molecule has 0 aliphatic carbocycles. The molecule has 0 spiro atoms. The number of amides is 1. The van der Waals surface area contributed by atoms with Crippen LogP contribution in [-0.2, 0) is 6.18 Å². The number of carbonyl (C=O) groups is 1. The SMILES string of the molecule is CN(CCNC(=O)c1cccc(-c2noc(C(F)(F)F)n2)c1)C1CCN(c2ccc(F)cc2F)CC1. The summed E-state index contributed by atoms with van der Waals surface area (Å²) in [7, 11) is 1.94. The second kappa shape index (κ2) is 10.6. The molecule has 7 nitrogen and oxygen atoms in total. The third kappa shape index (κ3) is 5.99. The number of nitrogens with zero attached hydrogens (tertiary/aromatic N) is 4. The van der Waals surface area contributed by atoms with E-state index in [1.165, 1.54) is 36.4 Å². The molecule has 36 heavy (non-hydrogen) atoms. The van der Waals surface area contributed by atoms with Crippen molar-refractivity contribution in [1.82, 2.24) is 20.4 Å². The molecule has 0 bridgehead atoms. The molecule has 2 heterocycles. The van der Waals surface area contributed by atoms with Gasteiger partial charge in [0, 0.05) is 49.4 Å². The minimum absolute atomic E-state index is 0.225. The van der Waals surface area contributed by atoms with Crippen molar-refractivity contribution in [3.63, 3.8) is 0 Å². The molecule has 0 unspecified atom stereocenters. The molecule has 1 fully saturated rings. The van der Waals surface area contributed by atoms with E-state index in [9.17, 15) is 26.7 Å². The second-order valence-corrected chi connectivity index (χ2v) is 8.55. The predicted octanol–water partition coefficient (Wildman–Crippen LogP) is 4.36. The van der Waals surface area contributed by atoms with Crippen LogP contribution in [0.15, 0.2) is 47.0 Å². The van der Waals surface area contributed by atoms with Gasteiger partial charge in [0.1, 0.15) is 11.6 Å². The van der Waals surface area contributed by atoms with Gasteiger partial charge in [-0.1, -0.05) is 17.3 Å². The van der Waals surface area contributed by atoms with Crippen LogP contribution in [0.2, 0.25) is 0 Å². The minimum atomic E-state index is -4.75. The van der Waals surface area contributed by atoms with Gasteiger partial charge in [-0.15, -0.1) is 0 Å². The first-order valence-corrected chi connectivity index (χ1v) is 11.3. The van der Waals surface area contributed by atoms with Gasteiger partial charge in [0.15, 0.2) is 0 Å². The van der Waals surface area contributed by atoms with Crippen molar-refractivity contribution in [2.24, 2.45) is 0 Å². The summed E-state index contributed by atoms with van der Waals surface area (Å²) in [6.45, 7) is 2.18. The Labute approximate surface area is 203 Å². The number of anilines is 1. The number of likely N-dealkylation sites (N-methyl/N-ethyl adjacent to an activating group) is 1. The summed E-state index contributed by atoms with van der Waals surface area (Å²) in [5.74, 6) is -3.28. The van der Waals surface area contributed by atoms with Crippen molar-refractivity contribution >= 4 is 11.6 Å². The Morgan fingerprint density at radius 1 is 1.17 bits per heavy atom. The van der Waals surface area contributed by atoms with E-state index in [0.717, 1.165) is 18.9 Å². The van der Waals surface area contributed by atoms with Crippen LogP contribution in [-0.4, -0.2) is 60.2 Å². The zero-order valence-corrected chi connectivity index (χ0v) is 19.4. The van der Waals surface area contributed by atoms with Gasteiger partial charge in [0.05, 0.1) is 5.69 Å². The average Bonchev–Trinajstić information content (AvgIpc) is 3.35. The third-order valence-electron chi connectivity index (χ3n) is 6.14. The van der Waals surface area contributed by atoms with Crippen molar-refractivity contribution in [1.29, 1.82) is 0 Å². The van der Waals surface area contributed by atoms with Crippen molar-refractivity contribution < 1.29 is 31.3 Å². The number of halogens is 5. The van der Waals surface area contributed by atoms with Gasteiger partial charge >= 0.3 is 12.1 Å². The molecule has 1 saturated heterocycles. The van der Waals surface area contributed by atoms with E-state index in [2.05, 4.69) is 24.9 Å². The number of alkyl halides is 3. The van der Waals surface area contributed by atoms with Crippen molar-refractivity contribution in [2.45, 2.75) is 25.1 Å². The van der Waals surface area contributed by atoms with Gasteiger partial charge in [0.2, 0.25) is 5.82 Å². The number of hydrogen-bond acceptors (Lipinski definition) is 6. The molecule has 1 amide bonds. The fourth-order valence-corrected chi connectivity index (χ4v) is 4.17. The summed E-state index contributed by atoms with van der Waals surface area (Å²) in [4.78, 5) is 19.9. The highest BCUT2D eigenvalue weighted by Crippen LogP contribution is 2.29. The van der Waals surface area contributed by atoms with E-state index in [0.29, 0.717) is 31.9 Å². The summed E-state index contributed by atoms with van der Waals surface area (Å²) >= 11 is 0. The van der Waals surface area contributed by atoms with E-state index in [-0.39, 0.29) is 28.9 Å². The van der Waals surface area contributed by atoms with Gasteiger partial charge in [-0.25, -0.2) is 8.78 Å². The highest BCUT2D eigenvalue weighted by molar-refractivity contribution is 5.95. The highest BCUT2D eigenvalue weighted by atomic mass is 19.4. The smallest absolute Gasteiger partial charge is 0.369 e. The summed E-state index contributed by atoms with van der Waals surface area (Å²) in [5.41, 5.74) is 0.869. The average molecular weight is 509 g/mol. The number of nitrogens with one attached hydrogen (secondary N) is 1. The van der Waals surface area contributed by atoms with Gasteiger partial charge in [0.25, 0.3) is 5.91 Å². The topological polar surface area (TPSA) is 74.5 Å². The van der Waals surface area contributed by atoms with Crippen LogP contribution in [0.3, 0.4) is 0 Å². The predicted molar refractivity (Wildman–Crippen MR) is 121 cm³/mol. The number of rotatable bonds is 7. The molecular weight excluding hydrogens is 485 g/mol. The van der Waals surface area contributed by atoms with Crippen molar-refractivity contribution in [3.8, 4) is 11.4 Å². The fourth-order valence-electron chi connectivity index (χ4n) is 4.17. The first kappa shape index (κ1) is 25.5. The lowest BCUT2D eigenvalue weighted by molar-refractivity contribution is -0.159. The second-order valence-electron chi connectivity index (χ2n) is 8.55. The van der Waals surface area contributed by atoms with Crippen LogP contribution in [0.4, 0.5) is 27.6 Å². The molecule has 1 aliphatic rings. The summed E-state index contributed by atoms with van der Waals surface area (Å²) < 4.78 is 69.5. The van der Waals surface area contributed by atoms with Gasteiger partial charge in [-0.3, -0.25) is 4.79 Å². The molecular formula is C24H24F5N5O2. The Kier molecular flexibility index (Phi) is 7.53. The van der Waals surface area contributed by atoms with E-state index in [1.807, 2.05) is 11.9 Å². The maximum atomic E-state index is 14.1. The normalized spacial score (nSPS) is 14.9. The minimum Gasteiger partial charge on any atom is -0.369 e. The Hall–Kier alpha value is -3.54. The maximum absolute atomic E-state index is 14.1. The number of benzene rings is 2. The van der Waals surface area contributed by atoms with Crippen molar-refractivity contribution in [3.05, 3.63) is 65.6 Å². The van der Waals surface area contributed by atoms with Crippen molar-refractivity contribution in [2.75, 3.05) is 38.1 Å². The van der Waals surface area contributed by atoms with Gasteiger partial charge in [-0.2, -0.15) is 18.2 Å². The molecule has 12 heteroatoms. The molecule has 1 aromatic heterocycles. The van der Waals surface area contributed by atoms with E-state index >= 15 is 0 Å². The monoisotopic (exact) mass is 509 g/mol. The standard InChI is InChI=1S/C24H24F5N5O2/c1-33(18-7-10-34(11-8-18)20-6-5-17(25)14-19(20)26)12-9-30-22(35)16-4-2-3-15(13-16)21-31-23(36-32-21)24(27,28)29/h2-6,13-14,18H,7-12H2,1H3,(H,30,35). The third-order valence-corrected chi connectivity index (χ3v) is 6.14. The molecule has 192 valence electrons. The molecule has 0 saturated carbocycles. The van der Waals surface area contributed by atoms with E-state index < -0.39 is 23.7 Å². The summed E-state index contributed by atoms with van der Waals surface area (Å²) in [6.07, 6.45) is -3.18. The molecule has 2 aromatic carbocycles. The summed E-state index contributed by atoms with van der Waals surface area (Å²) in [5, 5.41) is 6.14. The first-order valence-electron chi connectivity index (χ1n) is 11.3. The number of piperidine rings is 1. The van der Waals surface area contributed by atoms with Crippen LogP contribution in [0.1, 0.15) is 29.1 Å². The zero-order valence-electron chi connectivity index (χ0n) is 19.4. The quantitative estimate of drug-likeness (QED) is 0.477. The molecule has 1 aliphatic heterocycles. The Morgan fingerprint density at radius 2 is 1.92 bits per heavy atom. The summed E-state index contributed by atoms with van der Waals surface area (Å²) in [6, 6.07) is 9.77. The lowest BCUT2D eigenvalue weighted by Gasteiger charge is -2.38. The Bertz CT molecular complexity index is 1210. The van der Waals surface area contributed by atoms with Crippen LogP contribution in [0, 0.1) is 11.6 Å². The molecule has 4 rings (SSSR count). The van der Waals surface area contributed by atoms with E-state index in [4.69, 9.17) is 0 Å². The molecule has 1 N–H and O–H groups in total. The van der Waals surface area contributed by atoms with Crippen LogP contribution in [0.25, 0.3) is 11.4 Å². The Balaban J connectivity index is 1.26. The molecule has 0 atom stereocenters. The van der Waals surface area contributed by atoms with Crippen LogP contribution < -0.4 is 10.2 Å². The Morgan fingerprint density at radius 3 is 2.58 bits per heavy atom. The molecule has 0 radical (unpaired) electrons. The first-order chi connectivity index (χ1) is 17.1. The number of aromatic nitrogens is 2.